The Morgan fingerprint density at radius 3 is 2.56 bits per heavy atom. The largest absolute Gasteiger partial charge is 0.495 e. The molecule has 0 bridgehead atoms. The molecule has 5 rings (SSSR count). The number of carbonyl (C=O) groups excluding carboxylic acids is 3. The van der Waals surface area contributed by atoms with Gasteiger partial charge in [0.1, 0.15) is 18.3 Å². The summed E-state index contributed by atoms with van der Waals surface area (Å²) in [4.78, 5) is 45.2. The van der Waals surface area contributed by atoms with Gasteiger partial charge in [-0.05, 0) is 62.4 Å². The van der Waals surface area contributed by atoms with Crippen LogP contribution in [0.1, 0.15) is 42.5 Å². The first-order valence-corrected chi connectivity index (χ1v) is 12.0. The predicted octanol–water partition coefficient (Wildman–Crippen LogP) is 3.28. The van der Waals surface area contributed by atoms with E-state index in [1.807, 2.05) is 29.2 Å². The lowest BCUT2D eigenvalue weighted by molar-refractivity contribution is -0.123. The molecule has 3 aliphatic heterocycles. The molecule has 1 N–H and O–H groups in total. The third kappa shape index (κ3) is 4.08. The summed E-state index contributed by atoms with van der Waals surface area (Å²) in [5, 5.41) is 2.87. The van der Waals surface area contributed by atoms with E-state index in [1.165, 1.54) is 0 Å². The number of anilines is 3. The zero-order valence-corrected chi connectivity index (χ0v) is 19.5. The average molecular weight is 463 g/mol. The summed E-state index contributed by atoms with van der Waals surface area (Å²) < 4.78 is 5.33. The van der Waals surface area contributed by atoms with E-state index in [2.05, 4.69) is 10.2 Å². The van der Waals surface area contributed by atoms with Crippen molar-refractivity contribution in [3.63, 3.8) is 0 Å². The fraction of sp³-hybridized carbons (Fsp3) is 0.423. The molecule has 2 aromatic rings. The van der Waals surface area contributed by atoms with Gasteiger partial charge in [0.15, 0.2) is 0 Å². The van der Waals surface area contributed by atoms with E-state index in [1.54, 1.807) is 30.2 Å². The Morgan fingerprint density at radius 2 is 1.76 bits per heavy atom. The summed E-state index contributed by atoms with van der Waals surface area (Å²) in [5.74, 6) is 0.127. The van der Waals surface area contributed by atoms with Gasteiger partial charge in [-0.15, -0.1) is 0 Å². The molecule has 2 aromatic carbocycles. The lowest BCUT2D eigenvalue weighted by atomic mass is 9.95. The molecule has 0 aromatic heterocycles. The first kappa shape index (κ1) is 22.3. The van der Waals surface area contributed by atoms with Gasteiger partial charge in [-0.3, -0.25) is 19.3 Å². The van der Waals surface area contributed by atoms with E-state index in [9.17, 15) is 14.4 Å². The number of ether oxygens (including phenoxy) is 1. The molecule has 178 valence electrons. The van der Waals surface area contributed by atoms with Crippen LogP contribution >= 0.6 is 0 Å². The van der Waals surface area contributed by atoms with E-state index in [0.29, 0.717) is 22.7 Å². The van der Waals surface area contributed by atoms with E-state index in [4.69, 9.17) is 4.74 Å². The third-order valence-electron chi connectivity index (χ3n) is 6.95. The first-order valence-electron chi connectivity index (χ1n) is 12.0. The van der Waals surface area contributed by atoms with Crippen LogP contribution < -0.4 is 19.9 Å². The van der Waals surface area contributed by atoms with Gasteiger partial charge >= 0.3 is 0 Å². The van der Waals surface area contributed by atoms with E-state index in [-0.39, 0.29) is 30.3 Å². The lowest BCUT2D eigenvalue weighted by Gasteiger charge is -2.45. The number of nitrogens with zero attached hydrogens (tertiary/aromatic N) is 3. The van der Waals surface area contributed by atoms with Crippen molar-refractivity contribution < 1.29 is 19.1 Å². The van der Waals surface area contributed by atoms with Crippen LogP contribution in [0.15, 0.2) is 42.5 Å². The Kier molecular flexibility index (Phi) is 6.13. The molecule has 2 fully saturated rings. The molecular formula is C26H30N4O4. The van der Waals surface area contributed by atoms with Crippen molar-refractivity contribution in [2.75, 3.05) is 48.4 Å². The van der Waals surface area contributed by atoms with E-state index < -0.39 is 0 Å². The number of hydrogen-bond donors (Lipinski definition) is 1. The van der Waals surface area contributed by atoms with Gasteiger partial charge in [-0.25, -0.2) is 0 Å². The summed E-state index contributed by atoms with van der Waals surface area (Å²) >= 11 is 0. The molecule has 3 aliphatic rings. The number of hydrogen-bond acceptors (Lipinski definition) is 5. The van der Waals surface area contributed by atoms with E-state index >= 15 is 0 Å². The Hall–Kier alpha value is -3.55. The van der Waals surface area contributed by atoms with Crippen LogP contribution in [0.4, 0.5) is 17.1 Å². The number of benzene rings is 2. The quantitative estimate of drug-likeness (QED) is 0.738. The number of methoxy groups -OCH3 is 1. The number of fused-ring (bicyclic) bond motifs is 3. The maximum Gasteiger partial charge on any atom is 0.253 e. The van der Waals surface area contributed by atoms with Gasteiger partial charge in [-0.1, -0.05) is 12.1 Å². The minimum Gasteiger partial charge on any atom is -0.495 e. The zero-order chi connectivity index (χ0) is 23.7. The van der Waals surface area contributed by atoms with Crippen LogP contribution in [0.25, 0.3) is 0 Å². The molecule has 1 unspecified atom stereocenters. The minimum atomic E-state index is -0.315. The molecule has 3 amide bonds. The molecule has 0 radical (unpaired) electrons. The van der Waals surface area contributed by atoms with Gasteiger partial charge < -0.3 is 19.9 Å². The second-order valence-electron chi connectivity index (χ2n) is 9.08. The second-order valence-corrected chi connectivity index (χ2v) is 9.08. The summed E-state index contributed by atoms with van der Waals surface area (Å²) in [7, 11) is 1.55. The molecule has 2 saturated heterocycles. The highest BCUT2D eigenvalue weighted by atomic mass is 16.5. The van der Waals surface area contributed by atoms with Crippen molar-refractivity contribution >= 4 is 34.8 Å². The monoisotopic (exact) mass is 462 g/mol. The van der Waals surface area contributed by atoms with E-state index in [0.717, 1.165) is 57.4 Å². The van der Waals surface area contributed by atoms with Gasteiger partial charge in [0.25, 0.3) is 5.91 Å². The fourth-order valence-corrected chi connectivity index (χ4v) is 5.24. The SMILES string of the molecule is COc1ccccc1NC(=O)CN1C(=O)C2CCCCN2c2ccc(C(=O)N3CCCC3)cc21. The van der Waals surface area contributed by atoms with Crippen LogP contribution in [-0.2, 0) is 9.59 Å². The number of para-hydroxylation sites is 2. The van der Waals surface area contributed by atoms with Gasteiger partial charge in [0.05, 0.1) is 24.2 Å². The van der Waals surface area contributed by atoms with Gasteiger partial charge in [0.2, 0.25) is 11.8 Å². The molecule has 8 heteroatoms. The van der Waals surface area contributed by atoms with Crippen molar-refractivity contribution in [3.8, 4) is 5.75 Å². The molecule has 0 saturated carbocycles. The van der Waals surface area contributed by atoms with Crippen LogP contribution in [0.5, 0.6) is 5.75 Å². The normalized spacial score (nSPS) is 19.5. The molecule has 8 nitrogen and oxygen atoms in total. The highest BCUT2D eigenvalue weighted by Gasteiger charge is 2.40. The highest BCUT2D eigenvalue weighted by Crippen LogP contribution is 2.40. The molecular weight excluding hydrogens is 432 g/mol. The maximum absolute atomic E-state index is 13.6. The van der Waals surface area contributed by atoms with Gasteiger partial charge in [-0.2, -0.15) is 0 Å². The number of carbonyl (C=O) groups is 3. The van der Waals surface area contributed by atoms with Crippen LogP contribution in [-0.4, -0.2) is 62.0 Å². The number of piperidine rings is 1. The summed E-state index contributed by atoms with van der Waals surface area (Å²) in [6.07, 6.45) is 4.79. The van der Waals surface area contributed by atoms with Crippen molar-refractivity contribution in [2.24, 2.45) is 0 Å². The Morgan fingerprint density at radius 1 is 1.00 bits per heavy atom. The van der Waals surface area contributed by atoms with Crippen molar-refractivity contribution in [3.05, 3.63) is 48.0 Å². The Balaban J connectivity index is 1.46. The average Bonchev–Trinajstić information content (AvgIpc) is 3.41. The topological polar surface area (TPSA) is 82.2 Å². The van der Waals surface area contributed by atoms with Crippen LogP contribution in [0, 0.1) is 0 Å². The smallest absolute Gasteiger partial charge is 0.253 e. The molecule has 0 aliphatic carbocycles. The van der Waals surface area contributed by atoms with Crippen LogP contribution in [0.2, 0.25) is 0 Å². The first-order chi connectivity index (χ1) is 16.6. The second kappa shape index (κ2) is 9.37. The predicted molar refractivity (Wildman–Crippen MR) is 131 cm³/mol. The van der Waals surface area contributed by atoms with Crippen molar-refractivity contribution in [1.29, 1.82) is 0 Å². The van der Waals surface area contributed by atoms with Crippen molar-refractivity contribution in [1.82, 2.24) is 4.90 Å². The summed E-state index contributed by atoms with van der Waals surface area (Å²) in [6.45, 7) is 2.18. The molecule has 3 heterocycles. The maximum atomic E-state index is 13.6. The summed E-state index contributed by atoms with van der Waals surface area (Å²) in [5.41, 5.74) is 2.65. The molecule has 0 spiro atoms. The number of amides is 3. The molecule has 1 atom stereocenters. The summed E-state index contributed by atoms with van der Waals surface area (Å²) in [6, 6.07) is 12.5. The van der Waals surface area contributed by atoms with Gasteiger partial charge in [0, 0.05) is 25.2 Å². The fourth-order valence-electron chi connectivity index (χ4n) is 5.24. The zero-order valence-electron chi connectivity index (χ0n) is 19.5. The Labute approximate surface area is 199 Å². The third-order valence-corrected chi connectivity index (χ3v) is 6.95. The standard InChI is InChI=1S/C26H30N4O4/c1-34-23-10-3-2-8-19(23)27-24(31)17-30-22-16-18(25(32)28-13-6-7-14-28)11-12-20(22)29-15-5-4-9-21(29)26(30)33/h2-3,8,10-12,16,21H,4-7,9,13-15,17H2,1H3,(H,27,31). The van der Waals surface area contributed by atoms with Crippen molar-refractivity contribution in [2.45, 2.75) is 38.1 Å². The molecule has 34 heavy (non-hydrogen) atoms. The highest BCUT2D eigenvalue weighted by molar-refractivity contribution is 6.11. The number of nitrogens with one attached hydrogen (secondary N) is 1. The number of rotatable bonds is 5. The number of likely N-dealkylation sites (tertiary alicyclic amines) is 1. The Bertz CT molecular complexity index is 1110. The lowest BCUT2D eigenvalue weighted by Crippen LogP contribution is -2.56. The minimum absolute atomic E-state index is 0.0214. The van der Waals surface area contributed by atoms with Crippen LogP contribution in [0.3, 0.4) is 0 Å².